The number of ether oxygens (including phenoxy) is 1. The van der Waals surface area contributed by atoms with Gasteiger partial charge in [-0.2, -0.15) is 0 Å². The van der Waals surface area contributed by atoms with Gasteiger partial charge < -0.3 is 14.6 Å². The first-order valence-electron chi connectivity index (χ1n) is 11.2. The summed E-state index contributed by atoms with van der Waals surface area (Å²) in [6.45, 7) is 8.91. The molecule has 7 heteroatoms. The van der Waals surface area contributed by atoms with E-state index in [1.807, 2.05) is 49.7 Å². The lowest BCUT2D eigenvalue weighted by Gasteiger charge is -2.31. The molecule has 0 bridgehead atoms. The van der Waals surface area contributed by atoms with Crippen LogP contribution in [-0.4, -0.2) is 33.7 Å². The molecule has 0 atom stereocenters. The Balaban J connectivity index is 1.44. The van der Waals surface area contributed by atoms with Gasteiger partial charge in [-0.15, -0.1) is 0 Å². The van der Waals surface area contributed by atoms with Crippen LogP contribution in [0.4, 0.5) is 16.3 Å². The summed E-state index contributed by atoms with van der Waals surface area (Å²) >= 11 is 0. The quantitative estimate of drug-likeness (QED) is 0.599. The summed E-state index contributed by atoms with van der Waals surface area (Å²) in [6.07, 6.45) is 4.80. The van der Waals surface area contributed by atoms with E-state index in [-0.39, 0.29) is 12.0 Å². The molecule has 0 aliphatic carbocycles. The fourth-order valence-corrected chi connectivity index (χ4v) is 3.97. The minimum Gasteiger partial charge on any atom is -0.443 e. The highest BCUT2D eigenvalue weighted by Gasteiger charge is 2.27. The predicted octanol–water partition coefficient (Wildman–Crippen LogP) is 5.18. The van der Waals surface area contributed by atoms with E-state index in [0.717, 1.165) is 24.1 Å². The minimum atomic E-state index is -0.558. The van der Waals surface area contributed by atoms with Crippen LogP contribution in [0.5, 0.6) is 0 Å². The number of anilines is 2. The van der Waals surface area contributed by atoms with Crippen LogP contribution >= 0.6 is 0 Å². The Kier molecular flexibility index (Phi) is 6.22. The van der Waals surface area contributed by atoms with E-state index in [1.54, 1.807) is 17.3 Å². The van der Waals surface area contributed by atoms with E-state index in [4.69, 9.17) is 4.74 Å². The second-order valence-electron chi connectivity index (χ2n) is 9.45. The van der Waals surface area contributed by atoms with Gasteiger partial charge in [0.25, 0.3) is 5.91 Å². The molecule has 1 N–H and O–H groups in total. The molecule has 0 spiro atoms. The molecule has 2 amide bonds. The summed E-state index contributed by atoms with van der Waals surface area (Å²) in [5.41, 5.74) is 4.12. The average molecular weight is 447 g/mol. The Labute approximate surface area is 194 Å². The van der Waals surface area contributed by atoms with Gasteiger partial charge in [0.15, 0.2) is 5.82 Å². The van der Waals surface area contributed by atoms with Gasteiger partial charge in [0.2, 0.25) is 0 Å². The molecule has 2 heterocycles. The third-order valence-electron chi connectivity index (χ3n) is 5.40. The zero-order chi connectivity index (χ0) is 23.6. The second-order valence-corrected chi connectivity index (χ2v) is 9.45. The van der Waals surface area contributed by atoms with Crippen molar-refractivity contribution in [3.8, 4) is 0 Å². The summed E-state index contributed by atoms with van der Waals surface area (Å²) < 4.78 is 7.48. The normalized spacial score (nSPS) is 13.4. The number of carbonyl (C=O) groups is 2. The van der Waals surface area contributed by atoms with Gasteiger partial charge in [0.05, 0.1) is 12.0 Å². The smallest absolute Gasteiger partial charge is 0.414 e. The topological polar surface area (TPSA) is 76.5 Å². The van der Waals surface area contributed by atoms with Gasteiger partial charge in [0.1, 0.15) is 5.60 Å². The number of imidazole rings is 1. The fourth-order valence-electron chi connectivity index (χ4n) is 3.97. The third-order valence-corrected chi connectivity index (χ3v) is 5.40. The van der Waals surface area contributed by atoms with Crippen molar-refractivity contribution >= 4 is 23.5 Å². The maximum Gasteiger partial charge on any atom is 0.414 e. The zero-order valence-electron chi connectivity index (χ0n) is 19.6. The minimum absolute atomic E-state index is 0.229. The molecule has 1 aromatic heterocycles. The molecule has 0 fully saturated rings. The highest BCUT2D eigenvalue weighted by atomic mass is 16.6. The number of nitrogens with zero attached hydrogens (tertiary/aromatic N) is 3. The Morgan fingerprint density at radius 2 is 1.97 bits per heavy atom. The van der Waals surface area contributed by atoms with E-state index in [1.165, 1.54) is 11.1 Å². The first-order chi connectivity index (χ1) is 15.7. The summed E-state index contributed by atoms with van der Waals surface area (Å²) in [6, 6.07) is 13.7. The molecule has 1 aliphatic rings. The van der Waals surface area contributed by atoms with Crippen molar-refractivity contribution in [2.75, 3.05) is 16.8 Å². The van der Waals surface area contributed by atoms with Gasteiger partial charge in [-0.1, -0.05) is 29.8 Å². The van der Waals surface area contributed by atoms with Gasteiger partial charge >= 0.3 is 6.09 Å². The van der Waals surface area contributed by atoms with Crippen molar-refractivity contribution in [2.45, 2.75) is 52.7 Å². The number of rotatable bonds is 4. The number of aryl methyl sites for hydroxylation is 2. The van der Waals surface area contributed by atoms with Crippen LogP contribution in [0, 0.1) is 6.92 Å². The monoisotopic (exact) mass is 446 g/mol. The molecule has 0 radical (unpaired) electrons. The van der Waals surface area contributed by atoms with Crippen LogP contribution < -0.4 is 10.2 Å². The van der Waals surface area contributed by atoms with Crippen molar-refractivity contribution in [1.29, 1.82) is 0 Å². The van der Waals surface area contributed by atoms with Crippen molar-refractivity contribution in [2.24, 2.45) is 0 Å². The van der Waals surface area contributed by atoms with Crippen molar-refractivity contribution in [1.82, 2.24) is 9.55 Å². The number of hydrogen-bond donors (Lipinski definition) is 1. The molecule has 3 aromatic rings. The number of nitrogens with one attached hydrogen (secondary N) is 1. The number of carbonyl (C=O) groups excluding carboxylic acids is 2. The van der Waals surface area contributed by atoms with Crippen LogP contribution in [-0.2, 0) is 17.7 Å². The largest absolute Gasteiger partial charge is 0.443 e. The molecule has 172 valence electrons. The van der Waals surface area contributed by atoms with Crippen LogP contribution in [0.2, 0.25) is 0 Å². The molecular weight excluding hydrogens is 416 g/mol. The maximum atomic E-state index is 12.8. The Bertz CT molecular complexity index is 1180. The SMILES string of the molecule is Cc1cccc(Cn2cnc(NC(=O)c3ccc4c(c3)CCCN4C(=O)OC(C)(C)C)c2)c1. The predicted molar refractivity (Wildman–Crippen MR) is 129 cm³/mol. The zero-order valence-corrected chi connectivity index (χ0v) is 19.6. The standard InChI is InChI=1S/C26H30N4O3/c1-18-7-5-8-19(13-18)15-29-16-23(27-17-29)28-24(31)21-10-11-22-20(14-21)9-6-12-30(22)25(32)33-26(2,3)4/h5,7-8,10-11,13-14,16-17H,6,9,12,15H2,1-4H3,(H,28,31). The van der Waals surface area contributed by atoms with Crippen molar-refractivity contribution < 1.29 is 14.3 Å². The Morgan fingerprint density at radius 3 is 2.73 bits per heavy atom. The van der Waals surface area contributed by atoms with Crippen LogP contribution in [0.25, 0.3) is 0 Å². The van der Waals surface area contributed by atoms with Crippen LogP contribution in [0.1, 0.15) is 54.2 Å². The van der Waals surface area contributed by atoms with E-state index >= 15 is 0 Å². The van der Waals surface area contributed by atoms with E-state index in [2.05, 4.69) is 35.4 Å². The molecule has 0 saturated heterocycles. The highest BCUT2D eigenvalue weighted by Crippen LogP contribution is 2.29. The van der Waals surface area contributed by atoms with Crippen LogP contribution in [0.15, 0.2) is 55.0 Å². The Morgan fingerprint density at radius 1 is 1.15 bits per heavy atom. The summed E-state index contributed by atoms with van der Waals surface area (Å²) in [5.74, 6) is 0.272. The van der Waals surface area contributed by atoms with E-state index in [9.17, 15) is 9.59 Å². The van der Waals surface area contributed by atoms with Crippen LogP contribution in [0.3, 0.4) is 0 Å². The lowest BCUT2D eigenvalue weighted by atomic mass is 9.99. The fraction of sp³-hybridized carbons (Fsp3) is 0.346. The van der Waals surface area contributed by atoms with E-state index in [0.29, 0.717) is 24.5 Å². The number of amides is 2. The molecule has 2 aromatic carbocycles. The van der Waals surface area contributed by atoms with Crippen molar-refractivity contribution in [3.05, 3.63) is 77.2 Å². The highest BCUT2D eigenvalue weighted by molar-refractivity contribution is 6.04. The van der Waals surface area contributed by atoms with Gasteiger partial charge in [0, 0.05) is 24.8 Å². The molecule has 4 rings (SSSR count). The number of fused-ring (bicyclic) bond motifs is 1. The number of aromatic nitrogens is 2. The molecule has 0 saturated carbocycles. The second kappa shape index (κ2) is 9.10. The lowest BCUT2D eigenvalue weighted by Crippen LogP contribution is -2.39. The number of hydrogen-bond acceptors (Lipinski definition) is 4. The molecular formula is C26H30N4O3. The maximum absolute atomic E-state index is 12.8. The Hall–Kier alpha value is -3.61. The van der Waals surface area contributed by atoms with Gasteiger partial charge in [-0.25, -0.2) is 9.78 Å². The molecule has 33 heavy (non-hydrogen) atoms. The summed E-state index contributed by atoms with van der Waals surface area (Å²) in [4.78, 5) is 31.4. The molecule has 1 aliphatic heterocycles. The summed E-state index contributed by atoms with van der Waals surface area (Å²) in [5, 5.41) is 2.87. The number of benzene rings is 2. The first kappa shape index (κ1) is 22.6. The van der Waals surface area contributed by atoms with Gasteiger partial charge in [-0.3, -0.25) is 9.69 Å². The lowest BCUT2D eigenvalue weighted by molar-refractivity contribution is 0.0577. The molecule has 7 nitrogen and oxygen atoms in total. The van der Waals surface area contributed by atoms with E-state index < -0.39 is 5.60 Å². The van der Waals surface area contributed by atoms with Crippen molar-refractivity contribution in [3.63, 3.8) is 0 Å². The summed E-state index contributed by atoms with van der Waals surface area (Å²) in [7, 11) is 0. The third kappa shape index (κ3) is 5.61. The molecule has 0 unspecified atom stereocenters. The van der Waals surface area contributed by atoms with Gasteiger partial charge in [-0.05, 0) is 69.9 Å². The average Bonchev–Trinajstić information content (AvgIpc) is 3.18. The first-order valence-corrected chi connectivity index (χ1v) is 11.2.